The van der Waals surface area contributed by atoms with Crippen molar-refractivity contribution in [2.75, 3.05) is 26.3 Å². The van der Waals surface area contributed by atoms with E-state index in [1.54, 1.807) is 12.3 Å². The van der Waals surface area contributed by atoms with Crippen molar-refractivity contribution in [1.29, 1.82) is 0 Å². The molecule has 0 spiro atoms. The van der Waals surface area contributed by atoms with Gasteiger partial charge in [-0.1, -0.05) is 25.1 Å². The fourth-order valence-electron chi connectivity index (χ4n) is 3.79. The van der Waals surface area contributed by atoms with E-state index < -0.39 is 6.04 Å². The van der Waals surface area contributed by atoms with Gasteiger partial charge >= 0.3 is 0 Å². The molecule has 1 amide bonds. The highest BCUT2D eigenvalue weighted by Gasteiger charge is 2.30. The first-order valence-electron chi connectivity index (χ1n) is 11.7. The third kappa shape index (κ3) is 6.02. The highest BCUT2D eigenvalue weighted by Crippen LogP contribution is 2.24. The van der Waals surface area contributed by atoms with E-state index in [0.29, 0.717) is 23.7 Å². The second-order valence-corrected chi connectivity index (χ2v) is 9.08. The minimum absolute atomic E-state index is 0.0804. The number of nitrogens with zero attached hydrogens (tertiary/aromatic N) is 4. The number of aryl methyl sites for hydroxylation is 1. The summed E-state index contributed by atoms with van der Waals surface area (Å²) in [6.07, 6.45) is 1.78. The topological polar surface area (TPSA) is 134 Å². The van der Waals surface area contributed by atoms with Crippen LogP contribution < -0.4 is 10.1 Å². The molecule has 0 bridgehead atoms. The zero-order valence-corrected chi connectivity index (χ0v) is 20.1. The average molecular weight is 482 g/mol. The standard InChI is InChI=1S/C25H31N5O5/c1-15(2)24-28-23(35-29-24)12-30-10-20(11-30)34-19-5-7-22(26-9-19)17-4-6-21(16(3)8-17)25(33)27-18(13-31)14-32/h4-9,15,18,20,31-32H,10-14H2,1-3H3,(H,27,33). The normalized spacial score (nSPS) is 14.4. The van der Waals surface area contributed by atoms with Crippen LogP contribution in [0.15, 0.2) is 41.1 Å². The quantitative estimate of drug-likeness (QED) is 0.397. The Balaban J connectivity index is 1.29. The number of carbonyl (C=O) groups is 1. The fourth-order valence-corrected chi connectivity index (χ4v) is 3.79. The number of carbonyl (C=O) groups excluding carboxylic acids is 1. The van der Waals surface area contributed by atoms with E-state index in [9.17, 15) is 4.79 Å². The molecule has 1 aliphatic heterocycles. The Labute approximate surface area is 203 Å². The molecule has 0 saturated carbocycles. The van der Waals surface area contributed by atoms with Gasteiger partial charge in [0, 0.05) is 30.1 Å². The average Bonchev–Trinajstić information content (AvgIpc) is 3.30. The van der Waals surface area contributed by atoms with E-state index in [1.165, 1.54) is 0 Å². The molecule has 186 valence electrons. The number of aliphatic hydroxyl groups is 2. The summed E-state index contributed by atoms with van der Waals surface area (Å²) in [5.74, 6) is 1.95. The van der Waals surface area contributed by atoms with Gasteiger partial charge in [0.15, 0.2) is 5.82 Å². The fraction of sp³-hybridized carbons (Fsp3) is 0.440. The van der Waals surface area contributed by atoms with Crippen molar-refractivity contribution in [2.45, 2.75) is 45.4 Å². The van der Waals surface area contributed by atoms with E-state index in [1.807, 2.05) is 45.0 Å². The molecule has 4 rings (SSSR count). The second kappa shape index (κ2) is 10.9. The number of benzene rings is 1. The smallest absolute Gasteiger partial charge is 0.251 e. The largest absolute Gasteiger partial charge is 0.486 e. The van der Waals surface area contributed by atoms with Crippen molar-refractivity contribution in [1.82, 2.24) is 25.3 Å². The molecule has 10 heteroatoms. The van der Waals surface area contributed by atoms with Gasteiger partial charge in [0.05, 0.1) is 37.7 Å². The summed E-state index contributed by atoms with van der Waals surface area (Å²) in [5.41, 5.74) is 2.90. The second-order valence-electron chi connectivity index (χ2n) is 9.08. The molecule has 0 atom stereocenters. The lowest BCUT2D eigenvalue weighted by atomic mass is 10.0. The number of rotatable bonds is 10. The maximum absolute atomic E-state index is 12.4. The van der Waals surface area contributed by atoms with Crippen molar-refractivity contribution in [3.05, 3.63) is 59.4 Å². The summed E-state index contributed by atoms with van der Waals surface area (Å²) in [4.78, 5) is 23.5. The van der Waals surface area contributed by atoms with Crippen LogP contribution >= 0.6 is 0 Å². The summed E-state index contributed by atoms with van der Waals surface area (Å²) in [6.45, 7) is 7.42. The molecular formula is C25H31N5O5. The number of aliphatic hydroxyl groups excluding tert-OH is 2. The molecular weight excluding hydrogens is 450 g/mol. The number of ether oxygens (including phenoxy) is 1. The number of pyridine rings is 1. The first-order chi connectivity index (χ1) is 16.9. The zero-order chi connectivity index (χ0) is 24.9. The molecule has 1 fully saturated rings. The number of amides is 1. The lowest BCUT2D eigenvalue weighted by Crippen LogP contribution is -2.53. The molecule has 35 heavy (non-hydrogen) atoms. The third-order valence-corrected chi connectivity index (χ3v) is 5.86. The van der Waals surface area contributed by atoms with Crippen LogP contribution in [-0.4, -0.2) is 74.6 Å². The van der Waals surface area contributed by atoms with Gasteiger partial charge < -0.3 is 24.8 Å². The third-order valence-electron chi connectivity index (χ3n) is 5.86. The van der Waals surface area contributed by atoms with Crippen LogP contribution in [0.3, 0.4) is 0 Å². The van der Waals surface area contributed by atoms with Gasteiger partial charge in [0.25, 0.3) is 5.91 Å². The number of hydrogen-bond donors (Lipinski definition) is 3. The van der Waals surface area contributed by atoms with Gasteiger partial charge in [0.2, 0.25) is 5.89 Å². The molecule has 0 unspecified atom stereocenters. The van der Waals surface area contributed by atoms with Crippen LogP contribution in [0.5, 0.6) is 5.75 Å². The lowest BCUT2D eigenvalue weighted by molar-refractivity contribution is 0.00844. The number of nitrogens with one attached hydrogen (secondary N) is 1. The molecule has 3 N–H and O–H groups in total. The van der Waals surface area contributed by atoms with E-state index in [2.05, 4.69) is 25.3 Å². The predicted molar refractivity (Wildman–Crippen MR) is 128 cm³/mol. The Morgan fingerprint density at radius 2 is 2.00 bits per heavy atom. The van der Waals surface area contributed by atoms with Crippen molar-refractivity contribution in [3.8, 4) is 17.0 Å². The Hall–Kier alpha value is -3.34. The predicted octanol–water partition coefficient (Wildman–Crippen LogP) is 1.91. The molecule has 3 aromatic rings. The van der Waals surface area contributed by atoms with E-state index in [0.717, 1.165) is 35.7 Å². The molecule has 1 aliphatic rings. The van der Waals surface area contributed by atoms with Crippen molar-refractivity contribution in [3.63, 3.8) is 0 Å². The first kappa shape index (κ1) is 24.8. The molecule has 10 nitrogen and oxygen atoms in total. The van der Waals surface area contributed by atoms with Gasteiger partial charge in [0.1, 0.15) is 11.9 Å². The van der Waals surface area contributed by atoms with Crippen LogP contribution in [0, 0.1) is 6.92 Å². The van der Waals surface area contributed by atoms with E-state index >= 15 is 0 Å². The van der Waals surface area contributed by atoms with Crippen LogP contribution in [0.2, 0.25) is 0 Å². The maximum atomic E-state index is 12.4. The summed E-state index contributed by atoms with van der Waals surface area (Å²) in [6, 6.07) is 8.52. The zero-order valence-electron chi connectivity index (χ0n) is 20.1. The molecule has 0 radical (unpaired) electrons. The van der Waals surface area contributed by atoms with E-state index in [4.69, 9.17) is 19.5 Å². The Morgan fingerprint density at radius 3 is 2.60 bits per heavy atom. The van der Waals surface area contributed by atoms with Crippen molar-refractivity contribution < 1.29 is 24.3 Å². The SMILES string of the molecule is Cc1cc(-c2ccc(OC3CN(Cc4nc(C(C)C)no4)C3)cn2)ccc1C(=O)NC(CO)CO. The summed E-state index contributed by atoms with van der Waals surface area (Å²) >= 11 is 0. The number of hydrogen-bond acceptors (Lipinski definition) is 9. The number of aromatic nitrogens is 3. The van der Waals surface area contributed by atoms with Gasteiger partial charge in [-0.2, -0.15) is 4.98 Å². The lowest BCUT2D eigenvalue weighted by Gasteiger charge is -2.37. The Bertz CT molecular complexity index is 1140. The monoisotopic (exact) mass is 481 g/mol. The van der Waals surface area contributed by atoms with Crippen molar-refractivity contribution in [2.24, 2.45) is 0 Å². The molecule has 3 heterocycles. The highest BCUT2D eigenvalue weighted by molar-refractivity contribution is 5.96. The molecule has 1 saturated heterocycles. The van der Waals surface area contributed by atoms with Crippen LogP contribution in [0.4, 0.5) is 0 Å². The van der Waals surface area contributed by atoms with Crippen LogP contribution in [0.25, 0.3) is 11.3 Å². The molecule has 1 aromatic carbocycles. The van der Waals surface area contributed by atoms with Gasteiger partial charge in [-0.25, -0.2) is 0 Å². The minimum atomic E-state index is -0.685. The van der Waals surface area contributed by atoms with E-state index in [-0.39, 0.29) is 31.1 Å². The Kier molecular flexibility index (Phi) is 7.74. The van der Waals surface area contributed by atoms with Gasteiger partial charge in [-0.3, -0.25) is 14.7 Å². The molecule has 2 aromatic heterocycles. The highest BCUT2D eigenvalue weighted by atomic mass is 16.5. The minimum Gasteiger partial charge on any atom is -0.486 e. The first-order valence-corrected chi connectivity index (χ1v) is 11.7. The summed E-state index contributed by atoms with van der Waals surface area (Å²) < 4.78 is 11.3. The van der Waals surface area contributed by atoms with Crippen LogP contribution in [0.1, 0.15) is 47.4 Å². The summed E-state index contributed by atoms with van der Waals surface area (Å²) in [7, 11) is 0. The van der Waals surface area contributed by atoms with Crippen molar-refractivity contribution >= 4 is 5.91 Å². The number of likely N-dealkylation sites (tertiary alicyclic amines) is 1. The van der Waals surface area contributed by atoms with Gasteiger partial charge in [-0.15, -0.1) is 0 Å². The Morgan fingerprint density at radius 1 is 1.23 bits per heavy atom. The molecule has 0 aliphatic carbocycles. The maximum Gasteiger partial charge on any atom is 0.251 e. The van der Waals surface area contributed by atoms with Gasteiger partial charge in [-0.05, 0) is 36.8 Å². The summed E-state index contributed by atoms with van der Waals surface area (Å²) in [5, 5.41) is 24.9. The van der Waals surface area contributed by atoms with Crippen LogP contribution in [-0.2, 0) is 6.54 Å².